The molecule has 0 radical (unpaired) electrons. The molecule has 0 amide bonds. The number of aromatic nitrogens is 1. The Balaban J connectivity index is 2.52. The number of thiazole rings is 1. The first kappa shape index (κ1) is 11.9. The lowest BCUT2D eigenvalue weighted by atomic mass is 10.1. The monoisotopic (exact) mass is 249 g/mol. The summed E-state index contributed by atoms with van der Waals surface area (Å²) < 4.78 is 13.2. The van der Waals surface area contributed by atoms with E-state index in [0.29, 0.717) is 10.6 Å². The van der Waals surface area contributed by atoms with Crippen LogP contribution in [0.5, 0.6) is 0 Å². The summed E-state index contributed by atoms with van der Waals surface area (Å²) in [7, 11) is 0. The molecule has 0 spiro atoms. The highest BCUT2D eigenvalue weighted by Crippen LogP contribution is 2.28. The minimum Gasteiger partial charge on any atom is -0.292 e. The van der Waals surface area contributed by atoms with Crippen LogP contribution < -0.4 is 0 Å². The Labute approximate surface area is 103 Å². The largest absolute Gasteiger partial charge is 0.292 e. The van der Waals surface area contributed by atoms with Crippen molar-refractivity contribution < 1.29 is 9.18 Å². The molecule has 0 aliphatic heterocycles. The molecule has 0 fully saturated rings. The maximum Gasteiger partial charge on any atom is 0.188 e. The molecule has 2 rings (SSSR count). The van der Waals surface area contributed by atoms with Gasteiger partial charge in [-0.05, 0) is 37.6 Å². The van der Waals surface area contributed by atoms with Crippen molar-refractivity contribution in [3.63, 3.8) is 0 Å². The first-order valence-electron chi connectivity index (χ1n) is 5.24. The molecule has 1 aromatic carbocycles. The van der Waals surface area contributed by atoms with Crippen molar-refractivity contribution in [3.8, 4) is 11.3 Å². The second-order valence-corrected chi connectivity index (χ2v) is 5.15. The van der Waals surface area contributed by atoms with E-state index in [1.165, 1.54) is 24.3 Å². The smallest absolute Gasteiger partial charge is 0.188 e. The van der Waals surface area contributed by atoms with E-state index in [1.54, 1.807) is 19.1 Å². The zero-order chi connectivity index (χ0) is 12.6. The van der Waals surface area contributed by atoms with E-state index in [-0.39, 0.29) is 11.6 Å². The summed E-state index contributed by atoms with van der Waals surface area (Å²) in [5.41, 5.74) is 2.20. The number of nitrogens with zero attached hydrogens (tertiary/aromatic N) is 1. The second kappa shape index (κ2) is 4.37. The Bertz CT molecular complexity index is 589. The number of hydrogen-bond donors (Lipinski definition) is 0. The molecular weight excluding hydrogens is 237 g/mol. The average molecular weight is 249 g/mol. The number of aryl methyl sites for hydroxylation is 2. The lowest BCUT2D eigenvalue weighted by Gasteiger charge is -2.01. The highest BCUT2D eigenvalue weighted by Gasteiger charge is 2.13. The number of Topliss-reactive ketones (excluding diaryl/α,β-unsaturated/α-hetero) is 1. The van der Waals surface area contributed by atoms with Gasteiger partial charge in [-0.3, -0.25) is 4.79 Å². The number of carbonyl (C=O) groups excluding carboxylic acids is 1. The molecule has 0 atom stereocenters. The normalized spacial score (nSPS) is 10.6. The second-order valence-electron chi connectivity index (χ2n) is 3.94. The number of halogens is 1. The quantitative estimate of drug-likeness (QED) is 0.758. The molecule has 1 heterocycles. The molecule has 2 nitrogen and oxygen atoms in total. The van der Waals surface area contributed by atoms with Crippen LogP contribution in [-0.2, 0) is 0 Å². The van der Waals surface area contributed by atoms with Gasteiger partial charge in [0.05, 0.1) is 5.69 Å². The van der Waals surface area contributed by atoms with Gasteiger partial charge in [0.15, 0.2) is 10.8 Å². The Morgan fingerprint density at radius 2 is 2.06 bits per heavy atom. The molecule has 0 aliphatic rings. The number of ketones is 1. The van der Waals surface area contributed by atoms with E-state index in [4.69, 9.17) is 0 Å². The lowest BCUT2D eigenvalue weighted by Crippen LogP contribution is -1.90. The summed E-state index contributed by atoms with van der Waals surface area (Å²) in [6.07, 6.45) is 0. The van der Waals surface area contributed by atoms with Crippen LogP contribution in [0.3, 0.4) is 0 Å². The van der Waals surface area contributed by atoms with Gasteiger partial charge >= 0.3 is 0 Å². The Morgan fingerprint density at radius 3 is 2.59 bits per heavy atom. The van der Waals surface area contributed by atoms with Crippen LogP contribution in [0.1, 0.15) is 27.2 Å². The first-order valence-corrected chi connectivity index (χ1v) is 6.05. The molecular formula is C13H12FNOS. The highest BCUT2D eigenvalue weighted by molar-refractivity contribution is 7.14. The van der Waals surface area contributed by atoms with Crippen molar-refractivity contribution in [2.24, 2.45) is 0 Å². The maximum absolute atomic E-state index is 13.2. The molecule has 0 unspecified atom stereocenters. The van der Waals surface area contributed by atoms with Gasteiger partial charge in [-0.2, -0.15) is 0 Å². The van der Waals surface area contributed by atoms with Gasteiger partial charge in [-0.15, -0.1) is 11.3 Å². The molecule has 0 aliphatic carbocycles. The predicted molar refractivity (Wildman–Crippen MR) is 67.0 cm³/mol. The van der Waals surface area contributed by atoms with Gasteiger partial charge in [-0.25, -0.2) is 9.37 Å². The molecule has 0 saturated carbocycles. The third-order valence-corrected chi connectivity index (χ3v) is 3.60. The Morgan fingerprint density at radius 1 is 1.35 bits per heavy atom. The SMILES string of the molecule is CC(=O)c1nc(-c2ccc(F)c(C)c2)c(C)s1. The molecule has 1 aromatic heterocycles. The highest BCUT2D eigenvalue weighted by atomic mass is 32.1. The third-order valence-electron chi connectivity index (χ3n) is 2.53. The molecule has 4 heteroatoms. The van der Waals surface area contributed by atoms with Gasteiger partial charge in [0, 0.05) is 17.4 Å². The van der Waals surface area contributed by atoms with Gasteiger partial charge in [-0.1, -0.05) is 0 Å². The van der Waals surface area contributed by atoms with Crippen LogP contribution in [0.4, 0.5) is 4.39 Å². The van der Waals surface area contributed by atoms with Crippen molar-refractivity contribution in [2.45, 2.75) is 20.8 Å². The number of benzene rings is 1. The summed E-state index contributed by atoms with van der Waals surface area (Å²) in [5.74, 6) is -0.267. The molecule has 0 saturated heterocycles. The van der Waals surface area contributed by atoms with Crippen LogP contribution in [0.15, 0.2) is 18.2 Å². The summed E-state index contributed by atoms with van der Waals surface area (Å²) in [5, 5.41) is 0.500. The van der Waals surface area contributed by atoms with Crippen molar-refractivity contribution in [3.05, 3.63) is 39.5 Å². The van der Waals surface area contributed by atoms with Crippen molar-refractivity contribution >= 4 is 17.1 Å². The third kappa shape index (κ3) is 2.26. The van der Waals surface area contributed by atoms with E-state index in [9.17, 15) is 9.18 Å². The lowest BCUT2D eigenvalue weighted by molar-refractivity contribution is 0.101. The fourth-order valence-electron chi connectivity index (χ4n) is 1.61. The number of carbonyl (C=O) groups is 1. The molecule has 0 N–H and O–H groups in total. The van der Waals surface area contributed by atoms with E-state index in [2.05, 4.69) is 4.98 Å². The average Bonchev–Trinajstić information content (AvgIpc) is 2.65. The first-order chi connectivity index (χ1) is 7.99. The van der Waals surface area contributed by atoms with Gasteiger partial charge in [0.1, 0.15) is 5.82 Å². The summed E-state index contributed by atoms with van der Waals surface area (Å²) in [6.45, 7) is 5.13. The van der Waals surface area contributed by atoms with E-state index in [0.717, 1.165) is 16.1 Å². The van der Waals surface area contributed by atoms with Crippen molar-refractivity contribution in [2.75, 3.05) is 0 Å². The van der Waals surface area contributed by atoms with Crippen LogP contribution in [0.2, 0.25) is 0 Å². The van der Waals surface area contributed by atoms with Crippen LogP contribution in [0, 0.1) is 19.7 Å². The zero-order valence-corrected chi connectivity index (χ0v) is 10.7. The van der Waals surface area contributed by atoms with E-state index >= 15 is 0 Å². The maximum atomic E-state index is 13.2. The zero-order valence-electron chi connectivity index (χ0n) is 9.87. The van der Waals surface area contributed by atoms with Crippen LogP contribution >= 0.6 is 11.3 Å². The molecule has 88 valence electrons. The summed E-state index contributed by atoms with van der Waals surface area (Å²) in [4.78, 5) is 16.5. The van der Waals surface area contributed by atoms with Crippen LogP contribution in [-0.4, -0.2) is 10.8 Å². The Kier molecular flexibility index (Phi) is 3.07. The topological polar surface area (TPSA) is 30.0 Å². The van der Waals surface area contributed by atoms with Crippen molar-refractivity contribution in [1.29, 1.82) is 0 Å². The fourth-order valence-corrected chi connectivity index (χ4v) is 2.44. The minimum absolute atomic E-state index is 0.0387. The summed E-state index contributed by atoms with van der Waals surface area (Å²) in [6, 6.07) is 4.87. The minimum atomic E-state index is -0.228. The van der Waals surface area contributed by atoms with Gasteiger partial charge in [0.25, 0.3) is 0 Å². The van der Waals surface area contributed by atoms with E-state index in [1.807, 2.05) is 6.92 Å². The molecule has 2 aromatic rings. The summed E-state index contributed by atoms with van der Waals surface area (Å²) >= 11 is 1.37. The van der Waals surface area contributed by atoms with Gasteiger partial charge < -0.3 is 0 Å². The van der Waals surface area contributed by atoms with Crippen molar-refractivity contribution in [1.82, 2.24) is 4.98 Å². The fraction of sp³-hybridized carbons (Fsp3) is 0.231. The number of rotatable bonds is 2. The number of hydrogen-bond acceptors (Lipinski definition) is 3. The molecule has 0 bridgehead atoms. The predicted octanol–water partition coefficient (Wildman–Crippen LogP) is 3.77. The van der Waals surface area contributed by atoms with Gasteiger partial charge in [0.2, 0.25) is 0 Å². The van der Waals surface area contributed by atoms with E-state index < -0.39 is 0 Å². The standard InChI is InChI=1S/C13H12FNOS/c1-7-6-10(4-5-11(7)14)12-9(3)17-13(15-12)8(2)16/h4-6H,1-3H3. The molecule has 17 heavy (non-hydrogen) atoms. The Hall–Kier alpha value is -1.55. The van der Waals surface area contributed by atoms with Crippen LogP contribution in [0.25, 0.3) is 11.3 Å².